The van der Waals surface area contributed by atoms with Crippen LogP contribution in [0.1, 0.15) is 5.56 Å². The summed E-state index contributed by atoms with van der Waals surface area (Å²) >= 11 is 5.66. The topological polar surface area (TPSA) is 55.2 Å². The highest BCUT2D eigenvalue weighted by atomic mass is 35.5. The van der Waals surface area contributed by atoms with Crippen molar-refractivity contribution in [1.29, 1.82) is 0 Å². The maximum Gasteiger partial charge on any atom is 0.293 e. The summed E-state index contributed by atoms with van der Waals surface area (Å²) in [6.45, 7) is -0.245. The van der Waals surface area contributed by atoms with E-state index in [1.165, 1.54) is 12.1 Å². The van der Waals surface area contributed by atoms with Crippen molar-refractivity contribution >= 4 is 23.0 Å². The Bertz CT molecular complexity index is 710. The van der Waals surface area contributed by atoms with Gasteiger partial charge in [-0.15, -0.1) is 0 Å². The van der Waals surface area contributed by atoms with Crippen molar-refractivity contribution < 1.29 is 18.1 Å². The monoisotopic (exact) mass is 316 g/mol. The molecular formula is C13H8ClF3N2O2. The SMILES string of the molecule is O=[N+]([O-])c1cc(Cl)ccc1NCc1cc(F)c(F)cc1F. The normalized spacial score (nSPS) is 10.5. The van der Waals surface area contributed by atoms with Crippen molar-refractivity contribution in [2.24, 2.45) is 0 Å². The number of nitro groups is 1. The van der Waals surface area contributed by atoms with Crippen molar-refractivity contribution in [3.8, 4) is 0 Å². The second-order valence-electron chi connectivity index (χ2n) is 4.13. The number of anilines is 1. The maximum absolute atomic E-state index is 13.5. The third-order valence-corrected chi connectivity index (χ3v) is 2.95. The van der Waals surface area contributed by atoms with E-state index in [-0.39, 0.29) is 28.5 Å². The van der Waals surface area contributed by atoms with Crippen molar-refractivity contribution in [3.63, 3.8) is 0 Å². The fourth-order valence-corrected chi connectivity index (χ4v) is 1.86. The predicted molar refractivity (Wildman–Crippen MR) is 71.7 cm³/mol. The lowest BCUT2D eigenvalue weighted by molar-refractivity contribution is -0.383. The molecule has 0 aliphatic rings. The highest BCUT2D eigenvalue weighted by Gasteiger charge is 2.15. The van der Waals surface area contributed by atoms with Gasteiger partial charge >= 0.3 is 0 Å². The molecule has 0 heterocycles. The van der Waals surface area contributed by atoms with Crippen molar-refractivity contribution in [1.82, 2.24) is 0 Å². The molecule has 0 radical (unpaired) electrons. The van der Waals surface area contributed by atoms with Gasteiger partial charge in [-0.3, -0.25) is 10.1 Å². The first-order valence-corrected chi connectivity index (χ1v) is 6.07. The molecule has 2 aromatic rings. The van der Waals surface area contributed by atoms with Crippen LogP contribution < -0.4 is 5.32 Å². The van der Waals surface area contributed by atoms with Gasteiger partial charge in [0, 0.05) is 29.3 Å². The van der Waals surface area contributed by atoms with Gasteiger partial charge in [-0.2, -0.15) is 0 Å². The molecule has 2 rings (SSSR count). The van der Waals surface area contributed by atoms with Crippen LogP contribution in [0.25, 0.3) is 0 Å². The van der Waals surface area contributed by atoms with Gasteiger partial charge in [0.25, 0.3) is 5.69 Å². The molecule has 0 bridgehead atoms. The molecule has 0 atom stereocenters. The first-order chi connectivity index (χ1) is 9.88. The predicted octanol–water partition coefficient (Wildman–Crippen LogP) is 4.28. The number of hydrogen-bond acceptors (Lipinski definition) is 3. The molecule has 2 aromatic carbocycles. The molecular weight excluding hydrogens is 309 g/mol. The van der Waals surface area contributed by atoms with E-state index in [2.05, 4.69) is 5.32 Å². The molecule has 0 aromatic heterocycles. The molecule has 0 spiro atoms. The van der Waals surface area contributed by atoms with E-state index in [1.807, 2.05) is 0 Å². The summed E-state index contributed by atoms with van der Waals surface area (Å²) in [5, 5.41) is 13.6. The van der Waals surface area contributed by atoms with E-state index in [4.69, 9.17) is 11.6 Å². The third-order valence-electron chi connectivity index (χ3n) is 2.72. The zero-order valence-electron chi connectivity index (χ0n) is 10.4. The molecule has 0 aliphatic carbocycles. The minimum atomic E-state index is -1.30. The average Bonchev–Trinajstić information content (AvgIpc) is 2.42. The number of halogens is 4. The second-order valence-corrected chi connectivity index (χ2v) is 4.57. The largest absolute Gasteiger partial charge is 0.375 e. The molecule has 0 fully saturated rings. The number of benzene rings is 2. The molecule has 21 heavy (non-hydrogen) atoms. The quantitative estimate of drug-likeness (QED) is 0.520. The lowest BCUT2D eigenvalue weighted by atomic mass is 10.2. The Balaban J connectivity index is 2.25. The molecule has 1 N–H and O–H groups in total. The highest BCUT2D eigenvalue weighted by molar-refractivity contribution is 6.30. The summed E-state index contributed by atoms with van der Waals surface area (Å²) < 4.78 is 39.3. The number of rotatable bonds is 4. The second kappa shape index (κ2) is 6.01. The lowest BCUT2D eigenvalue weighted by Gasteiger charge is -2.09. The number of nitrogens with zero attached hydrogens (tertiary/aromatic N) is 1. The van der Waals surface area contributed by atoms with Gasteiger partial charge in [0.1, 0.15) is 11.5 Å². The number of nitro benzene ring substituents is 1. The van der Waals surface area contributed by atoms with Crippen molar-refractivity contribution in [2.75, 3.05) is 5.32 Å². The van der Waals surface area contributed by atoms with Gasteiger partial charge in [0.15, 0.2) is 11.6 Å². The zero-order chi connectivity index (χ0) is 15.6. The maximum atomic E-state index is 13.5. The van der Waals surface area contributed by atoms with Crippen LogP contribution in [0.2, 0.25) is 5.02 Å². The van der Waals surface area contributed by atoms with E-state index in [0.717, 1.165) is 6.07 Å². The van der Waals surface area contributed by atoms with Crippen LogP contribution in [0.4, 0.5) is 24.5 Å². The Morgan fingerprint density at radius 2 is 1.76 bits per heavy atom. The van der Waals surface area contributed by atoms with Crippen LogP contribution in [0.15, 0.2) is 30.3 Å². The zero-order valence-corrected chi connectivity index (χ0v) is 11.1. The van der Waals surface area contributed by atoms with Crippen LogP contribution in [-0.2, 0) is 6.54 Å². The average molecular weight is 317 g/mol. The van der Waals surface area contributed by atoms with Gasteiger partial charge in [0.05, 0.1) is 4.92 Å². The van der Waals surface area contributed by atoms with Crippen LogP contribution in [0.3, 0.4) is 0 Å². The molecule has 0 aliphatic heterocycles. The number of nitrogens with one attached hydrogen (secondary N) is 1. The van der Waals surface area contributed by atoms with E-state index in [0.29, 0.717) is 12.1 Å². The van der Waals surface area contributed by atoms with E-state index >= 15 is 0 Å². The Morgan fingerprint density at radius 3 is 2.43 bits per heavy atom. The lowest BCUT2D eigenvalue weighted by Crippen LogP contribution is -2.05. The van der Waals surface area contributed by atoms with Crippen LogP contribution in [0, 0.1) is 27.6 Å². The fraction of sp³-hybridized carbons (Fsp3) is 0.0769. The molecule has 110 valence electrons. The van der Waals surface area contributed by atoms with Crippen molar-refractivity contribution in [2.45, 2.75) is 6.54 Å². The Morgan fingerprint density at radius 1 is 1.10 bits per heavy atom. The minimum Gasteiger partial charge on any atom is -0.375 e. The highest BCUT2D eigenvalue weighted by Crippen LogP contribution is 2.28. The van der Waals surface area contributed by atoms with Gasteiger partial charge in [-0.05, 0) is 18.2 Å². The molecule has 4 nitrogen and oxygen atoms in total. The van der Waals surface area contributed by atoms with Gasteiger partial charge in [-0.1, -0.05) is 11.6 Å². The van der Waals surface area contributed by atoms with Gasteiger partial charge in [-0.25, -0.2) is 13.2 Å². The minimum absolute atomic E-state index is 0.0912. The van der Waals surface area contributed by atoms with E-state index in [9.17, 15) is 23.3 Å². The third kappa shape index (κ3) is 3.43. The standard InChI is InChI=1S/C13H8ClF3N2O2/c14-8-1-2-12(13(4-8)19(20)21)18-6-7-3-10(16)11(17)5-9(7)15/h1-5,18H,6H2. The molecule has 8 heteroatoms. The summed E-state index contributed by atoms with van der Waals surface area (Å²) in [4.78, 5) is 10.2. The van der Waals surface area contributed by atoms with Crippen LogP contribution in [0.5, 0.6) is 0 Å². The van der Waals surface area contributed by atoms with E-state index in [1.54, 1.807) is 0 Å². The van der Waals surface area contributed by atoms with E-state index < -0.39 is 22.4 Å². The Labute approximate surface area is 122 Å². The van der Waals surface area contributed by atoms with Crippen LogP contribution >= 0.6 is 11.6 Å². The summed E-state index contributed by atoms with van der Waals surface area (Å²) in [6, 6.07) is 5.00. The molecule has 0 amide bonds. The summed E-state index contributed by atoms with van der Waals surface area (Å²) in [5.74, 6) is -3.44. The smallest absolute Gasteiger partial charge is 0.293 e. The fourth-order valence-electron chi connectivity index (χ4n) is 1.70. The summed E-state index contributed by atoms with van der Waals surface area (Å²) in [6.07, 6.45) is 0. The van der Waals surface area contributed by atoms with Gasteiger partial charge < -0.3 is 5.32 Å². The summed E-state index contributed by atoms with van der Waals surface area (Å²) in [7, 11) is 0. The number of hydrogen-bond donors (Lipinski definition) is 1. The Hall–Kier alpha value is -2.28. The first kappa shape index (κ1) is 15.1. The summed E-state index contributed by atoms with van der Waals surface area (Å²) in [5.41, 5.74) is -0.364. The van der Waals surface area contributed by atoms with Crippen LogP contribution in [-0.4, -0.2) is 4.92 Å². The first-order valence-electron chi connectivity index (χ1n) is 5.69. The molecule has 0 saturated heterocycles. The molecule has 0 unspecified atom stereocenters. The Kier molecular flexibility index (Phi) is 4.32. The van der Waals surface area contributed by atoms with Gasteiger partial charge in [0.2, 0.25) is 0 Å². The molecule has 0 saturated carbocycles. The van der Waals surface area contributed by atoms with Crippen molar-refractivity contribution in [3.05, 3.63) is 68.5 Å².